The van der Waals surface area contributed by atoms with E-state index >= 15 is 0 Å². The van der Waals surface area contributed by atoms with Crippen LogP contribution in [0.15, 0.2) is 35.6 Å². The average Bonchev–Trinajstić information content (AvgIpc) is 2.98. The van der Waals surface area contributed by atoms with Crippen LogP contribution >= 0.6 is 11.6 Å². The van der Waals surface area contributed by atoms with Gasteiger partial charge in [0.15, 0.2) is 0 Å². The molecule has 1 aromatic carbocycles. The van der Waals surface area contributed by atoms with Crippen molar-refractivity contribution in [2.45, 2.75) is 6.42 Å². The van der Waals surface area contributed by atoms with Crippen LogP contribution in [0.3, 0.4) is 0 Å². The summed E-state index contributed by atoms with van der Waals surface area (Å²) in [5.74, 6) is 1.90. The highest BCUT2D eigenvalue weighted by molar-refractivity contribution is 6.30. The lowest BCUT2D eigenvalue weighted by Gasteiger charge is -2.36. The molecule has 3 heterocycles. The van der Waals surface area contributed by atoms with Crippen molar-refractivity contribution >= 4 is 23.2 Å². The molecule has 6 nitrogen and oxygen atoms in total. The molecule has 0 bridgehead atoms. The summed E-state index contributed by atoms with van der Waals surface area (Å²) in [4.78, 5) is 14.0. The van der Waals surface area contributed by atoms with E-state index in [4.69, 9.17) is 21.7 Å². The summed E-state index contributed by atoms with van der Waals surface area (Å²) in [7, 11) is 0. The van der Waals surface area contributed by atoms with Crippen molar-refractivity contribution in [3.05, 3.63) is 47.0 Å². The van der Waals surface area contributed by atoms with E-state index in [2.05, 4.69) is 19.4 Å². The van der Waals surface area contributed by atoms with Gasteiger partial charge in [0.25, 0.3) is 0 Å². The summed E-state index contributed by atoms with van der Waals surface area (Å²) < 4.78 is 2.08. The number of aliphatic hydroxyl groups is 1. The third kappa shape index (κ3) is 2.92. The van der Waals surface area contributed by atoms with Crippen molar-refractivity contribution in [2.24, 2.45) is 4.99 Å². The van der Waals surface area contributed by atoms with E-state index in [0.29, 0.717) is 5.02 Å². The first kappa shape index (κ1) is 15.6. The van der Waals surface area contributed by atoms with Crippen molar-refractivity contribution < 1.29 is 5.11 Å². The maximum Gasteiger partial charge on any atom is 0.211 e. The van der Waals surface area contributed by atoms with Crippen molar-refractivity contribution in [2.75, 3.05) is 39.3 Å². The molecule has 0 saturated carbocycles. The van der Waals surface area contributed by atoms with Crippen molar-refractivity contribution in [1.29, 1.82) is 0 Å². The highest BCUT2D eigenvalue weighted by Gasteiger charge is 2.24. The van der Waals surface area contributed by atoms with Crippen molar-refractivity contribution in [3.63, 3.8) is 0 Å². The zero-order valence-electron chi connectivity index (χ0n) is 13.4. The van der Waals surface area contributed by atoms with E-state index < -0.39 is 0 Å². The number of hydrogen-bond acceptors (Lipinski definition) is 5. The standard InChI is InChI=1S/C17H20ClN5O/c18-14-2-1-13-11-16-19-3-4-23(16)17(20-15(13)12-14)22-7-5-21(6-8-22)9-10-24/h1-4,12,24H,5-11H2. The van der Waals surface area contributed by atoms with Crippen LogP contribution in [0.25, 0.3) is 0 Å². The van der Waals surface area contributed by atoms with Gasteiger partial charge in [0.2, 0.25) is 5.96 Å². The van der Waals surface area contributed by atoms with Crippen molar-refractivity contribution in [3.8, 4) is 0 Å². The van der Waals surface area contributed by atoms with Crippen LogP contribution in [0.4, 0.5) is 5.69 Å². The van der Waals surface area contributed by atoms with E-state index in [9.17, 15) is 0 Å². The van der Waals surface area contributed by atoms with Gasteiger partial charge in [-0.15, -0.1) is 0 Å². The number of benzene rings is 1. The van der Waals surface area contributed by atoms with E-state index in [0.717, 1.165) is 62.2 Å². The van der Waals surface area contributed by atoms with E-state index in [1.54, 1.807) is 0 Å². The van der Waals surface area contributed by atoms with Gasteiger partial charge in [-0.05, 0) is 17.7 Å². The largest absolute Gasteiger partial charge is 0.395 e. The Morgan fingerprint density at radius 2 is 2.00 bits per heavy atom. The van der Waals surface area contributed by atoms with Crippen LogP contribution in [-0.2, 0) is 6.42 Å². The lowest BCUT2D eigenvalue weighted by atomic mass is 10.1. The van der Waals surface area contributed by atoms with Crippen LogP contribution in [0.1, 0.15) is 11.4 Å². The van der Waals surface area contributed by atoms with Gasteiger partial charge in [0, 0.05) is 56.6 Å². The van der Waals surface area contributed by atoms with Crippen LogP contribution in [0, 0.1) is 0 Å². The zero-order chi connectivity index (χ0) is 16.5. The summed E-state index contributed by atoms with van der Waals surface area (Å²) in [6.45, 7) is 4.55. The first-order valence-electron chi connectivity index (χ1n) is 8.22. The van der Waals surface area contributed by atoms with Crippen LogP contribution in [0.2, 0.25) is 5.02 Å². The number of β-amino-alcohol motifs (C(OH)–C–C–N with tert-alkyl or cyclic N) is 1. The second-order valence-electron chi connectivity index (χ2n) is 6.13. The van der Waals surface area contributed by atoms with Gasteiger partial charge in [-0.25, -0.2) is 9.98 Å². The summed E-state index contributed by atoms with van der Waals surface area (Å²) >= 11 is 6.17. The first-order valence-corrected chi connectivity index (χ1v) is 8.60. The van der Waals surface area contributed by atoms with E-state index in [1.807, 2.05) is 30.6 Å². The lowest BCUT2D eigenvalue weighted by molar-refractivity contribution is 0.145. The topological polar surface area (TPSA) is 56.9 Å². The number of hydrogen-bond donors (Lipinski definition) is 1. The molecule has 0 atom stereocenters. The van der Waals surface area contributed by atoms with Gasteiger partial charge in [-0.1, -0.05) is 17.7 Å². The lowest BCUT2D eigenvalue weighted by Crippen LogP contribution is -2.51. The highest BCUT2D eigenvalue weighted by Crippen LogP contribution is 2.29. The molecule has 1 saturated heterocycles. The molecule has 2 aliphatic heterocycles. The number of aliphatic imine (C=N–C) groups is 1. The highest BCUT2D eigenvalue weighted by atomic mass is 35.5. The minimum atomic E-state index is 0.207. The number of aromatic nitrogens is 2. The summed E-state index contributed by atoms with van der Waals surface area (Å²) in [5.41, 5.74) is 2.06. The molecular weight excluding hydrogens is 326 g/mol. The number of halogens is 1. The normalized spacial score (nSPS) is 17.9. The molecule has 24 heavy (non-hydrogen) atoms. The summed E-state index contributed by atoms with van der Waals surface area (Å²) in [6, 6.07) is 5.86. The number of nitrogens with zero attached hydrogens (tertiary/aromatic N) is 5. The maximum atomic E-state index is 9.10. The van der Waals surface area contributed by atoms with Gasteiger partial charge >= 0.3 is 0 Å². The van der Waals surface area contributed by atoms with Gasteiger partial charge in [0.05, 0.1) is 12.3 Å². The van der Waals surface area contributed by atoms with Gasteiger partial charge in [-0.2, -0.15) is 0 Å². The molecule has 4 rings (SSSR count). The predicted octanol–water partition coefficient (Wildman–Crippen LogP) is 1.59. The predicted molar refractivity (Wildman–Crippen MR) is 94.1 cm³/mol. The van der Waals surface area contributed by atoms with Crippen LogP contribution in [-0.4, -0.2) is 69.7 Å². The molecule has 2 aromatic rings. The van der Waals surface area contributed by atoms with Crippen LogP contribution in [0.5, 0.6) is 0 Å². The molecule has 1 fully saturated rings. The molecular formula is C17H20ClN5O. The molecule has 1 aromatic heterocycles. The Bertz CT molecular complexity index is 764. The minimum absolute atomic E-state index is 0.207. The van der Waals surface area contributed by atoms with Gasteiger partial charge < -0.3 is 10.0 Å². The zero-order valence-corrected chi connectivity index (χ0v) is 14.2. The number of fused-ring (bicyclic) bond motifs is 2. The Kier molecular flexibility index (Phi) is 4.26. The molecule has 2 aliphatic rings. The van der Waals surface area contributed by atoms with Crippen LogP contribution < -0.4 is 0 Å². The number of imidazole rings is 1. The molecule has 0 amide bonds. The number of rotatable bonds is 2. The first-order chi connectivity index (χ1) is 11.7. The Balaban J connectivity index is 1.68. The minimum Gasteiger partial charge on any atom is -0.395 e. The Hall–Kier alpha value is -1.89. The molecule has 0 radical (unpaired) electrons. The third-order valence-electron chi connectivity index (χ3n) is 4.62. The Morgan fingerprint density at radius 3 is 2.79 bits per heavy atom. The summed E-state index contributed by atoms with van der Waals surface area (Å²) in [6.07, 6.45) is 4.55. The molecule has 1 N–H and O–H groups in total. The second kappa shape index (κ2) is 6.55. The Labute approximate surface area is 146 Å². The van der Waals surface area contributed by atoms with Crippen molar-refractivity contribution in [1.82, 2.24) is 19.4 Å². The van der Waals surface area contributed by atoms with E-state index in [-0.39, 0.29) is 6.61 Å². The average molecular weight is 346 g/mol. The maximum absolute atomic E-state index is 9.10. The SMILES string of the molecule is OCCN1CCN(C2=Nc3cc(Cl)ccc3Cc3nccn32)CC1. The Morgan fingerprint density at radius 1 is 1.17 bits per heavy atom. The summed E-state index contributed by atoms with van der Waals surface area (Å²) in [5, 5.41) is 9.80. The molecule has 0 spiro atoms. The molecule has 7 heteroatoms. The molecule has 126 valence electrons. The fourth-order valence-corrected chi connectivity index (χ4v) is 3.47. The molecule has 0 unspecified atom stereocenters. The van der Waals surface area contributed by atoms with E-state index in [1.165, 1.54) is 0 Å². The van der Waals surface area contributed by atoms with Gasteiger partial charge in [-0.3, -0.25) is 9.47 Å². The molecule has 0 aliphatic carbocycles. The third-order valence-corrected chi connectivity index (χ3v) is 4.86. The van der Waals surface area contributed by atoms with Gasteiger partial charge in [0.1, 0.15) is 5.82 Å². The smallest absolute Gasteiger partial charge is 0.211 e. The number of aliphatic hydroxyl groups excluding tert-OH is 1. The fourth-order valence-electron chi connectivity index (χ4n) is 3.31. The quantitative estimate of drug-likeness (QED) is 0.898. The monoisotopic (exact) mass is 345 g/mol. The number of piperazine rings is 1. The second-order valence-corrected chi connectivity index (χ2v) is 6.56. The fraction of sp³-hybridized carbons (Fsp3) is 0.412.